The molecule has 0 saturated carbocycles. The van der Waals surface area contributed by atoms with Gasteiger partial charge >= 0.3 is 0 Å². The largest absolute Gasteiger partial charge is 0.381 e. The summed E-state index contributed by atoms with van der Waals surface area (Å²) in [5.41, 5.74) is 0. The highest BCUT2D eigenvalue weighted by atomic mass is 35.5. The standard InChI is InChI=1S/C11H16ClN3O/c1-8-13-10(12)5-11(14-8)15(2)6-9-3-4-16-7-9/h5,9H,3-4,6-7H2,1-2H3/t9-/m0/s1. The molecule has 2 heterocycles. The van der Waals surface area contributed by atoms with Crippen LogP contribution in [0.2, 0.25) is 5.15 Å². The van der Waals surface area contributed by atoms with Gasteiger partial charge in [0, 0.05) is 32.2 Å². The van der Waals surface area contributed by atoms with Gasteiger partial charge in [-0.15, -0.1) is 0 Å². The average molecular weight is 242 g/mol. The number of aryl methyl sites for hydroxylation is 1. The lowest BCUT2D eigenvalue weighted by molar-refractivity contribution is 0.186. The smallest absolute Gasteiger partial charge is 0.134 e. The molecule has 0 unspecified atom stereocenters. The van der Waals surface area contributed by atoms with Crippen molar-refractivity contribution in [3.05, 3.63) is 17.0 Å². The predicted molar refractivity (Wildman–Crippen MR) is 64.0 cm³/mol. The van der Waals surface area contributed by atoms with Crippen LogP contribution in [-0.2, 0) is 4.74 Å². The van der Waals surface area contributed by atoms with Crippen LogP contribution in [0.3, 0.4) is 0 Å². The molecule has 5 heteroatoms. The van der Waals surface area contributed by atoms with E-state index in [0.29, 0.717) is 16.9 Å². The number of nitrogens with zero attached hydrogens (tertiary/aromatic N) is 3. The number of aromatic nitrogens is 2. The van der Waals surface area contributed by atoms with E-state index in [4.69, 9.17) is 16.3 Å². The van der Waals surface area contributed by atoms with E-state index in [-0.39, 0.29) is 0 Å². The van der Waals surface area contributed by atoms with Gasteiger partial charge in [-0.2, -0.15) is 0 Å². The molecule has 1 aromatic heterocycles. The third kappa shape index (κ3) is 2.83. The number of ether oxygens (including phenoxy) is 1. The zero-order chi connectivity index (χ0) is 11.5. The summed E-state index contributed by atoms with van der Waals surface area (Å²) in [5.74, 6) is 2.18. The second-order valence-corrected chi connectivity index (χ2v) is 4.59. The Labute approximate surface area is 101 Å². The van der Waals surface area contributed by atoms with E-state index < -0.39 is 0 Å². The van der Waals surface area contributed by atoms with E-state index in [1.54, 1.807) is 6.07 Å². The fraction of sp³-hybridized carbons (Fsp3) is 0.636. The minimum atomic E-state index is 0.497. The molecule has 0 N–H and O–H groups in total. The number of halogens is 1. The summed E-state index contributed by atoms with van der Waals surface area (Å²) >= 11 is 5.91. The molecule has 0 aromatic carbocycles. The maximum atomic E-state index is 5.91. The minimum absolute atomic E-state index is 0.497. The summed E-state index contributed by atoms with van der Waals surface area (Å²) in [4.78, 5) is 10.5. The Balaban J connectivity index is 2.04. The molecule has 0 aliphatic carbocycles. The van der Waals surface area contributed by atoms with Crippen molar-refractivity contribution in [1.82, 2.24) is 9.97 Å². The quantitative estimate of drug-likeness (QED) is 0.758. The van der Waals surface area contributed by atoms with Gasteiger partial charge in [0.15, 0.2) is 0 Å². The van der Waals surface area contributed by atoms with Gasteiger partial charge in [0.05, 0.1) is 6.61 Å². The normalized spacial score (nSPS) is 20.1. The number of hydrogen-bond acceptors (Lipinski definition) is 4. The van der Waals surface area contributed by atoms with Gasteiger partial charge in [-0.3, -0.25) is 0 Å². The third-order valence-electron chi connectivity index (χ3n) is 2.74. The van der Waals surface area contributed by atoms with Crippen molar-refractivity contribution < 1.29 is 4.74 Å². The number of hydrogen-bond donors (Lipinski definition) is 0. The molecule has 1 fully saturated rings. The molecular weight excluding hydrogens is 226 g/mol. The first-order valence-electron chi connectivity index (χ1n) is 5.45. The van der Waals surface area contributed by atoms with Crippen LogP contribution in [0.25, 0.3) is 0 Å². The molecule has 0 amide bonds. The average Bonchev–Trinajstić information content (AvgIpc) is 2.68. The predicted octanol–water partition coefficient (Wildman–Crippen LogP) is 1.91. The first-order chi connectivity index (χ1) is 7.65. The lowest BCUT2D eigenvalue weighted by atomic mass is 10.1. The fourth-order valence-corrected chi connectivity index (χ4v) is 2.14. The van der Waals surface area contributed by atoms with Crippen LogP contribution < -0.4 is 4.90 Å². The first kappa shape index (κ1) is 11.6. The van der Waals surface area contributed by atoms with E-state index in [1.807, 2.05) is 14.0 Å². The highest BCUT2D eigenvalue weighted by Gasteiger charge is 2.18. The van der Waals surface area contributed by atoms with E-state index in [1.165, 1.54) is 0 Å². The summed E-state index contributed by atoms with van der Waals surface area (Å²) in [5, 5.41) is 0.497. The topological polar surface area (TPSA) is 38.2 Å². The summed E-state index contributed by atoms with van der Waals surface area (Å²) in [6, 6.07) is 1.80. The fourth-order valence-electron chi connectivity index (χ4n) is 1.92. The van der Waals surface area contributed by atoms with Crippen LogP contribution in [0.15, 0.2) is 6.07 Å². The lowest BCUT2D eigenvalue weighted by Crippen LogP contribution is -2.26. The third-order valence-corrected chi connectivity index (χ3v) is 2.93. The molecule has 16 heavy (non-hydrogen) atoms. The van der Waals surface area contributed by atoms with Crippen LogP contribution in [0, 0.1) is 12.8 Å². The van der Waals surface area contributed by atoms with Gasteiger partial charge < -0.3 is 9.64 Å². The van der Waals surface area contributed by atoms with Crippen molar-refractivity contribution in [2.75, 3.05) is 31.7 Å². The highest BCUT2D eigenvalue weighted by molar-refractivity contribution is 6.29. The Morgan fingerprint density at radius 2 is 2.38 bits per heavy atom. The summed E-state index contributed by atoms with van der Waals surface area (Å²) in [6.07, 6.45) is 1.13. The Morgan fingerprint density at radius 3 is 3.00 bits per heavy atom. The van der Waals surface area contributed by atoms with Gasteiger partial charge in [0.2, 0.25) is 0 Å². The maximum Gasteiger partial charge on any atom is 0.134 e. The summed E-state index contributed by atoms with van der Waals surface area (Å²) < 4.78 is 5.36. The molecule has 1 saturated heterocycles. The molecule has 2 rings (SSSR count). The monoisotopic (exact) mass is 241 g/mol. The summed E-state index contributed by atoms with van der Waals surface area (Å²) in [7, 11) is 2.02. The van der Waals surface area contributed by atoms with Gasteiger partial charge in [0.1, 0.15) is 16.8 Å². The molecule has 0 spiro atoms. The Bertz CT molecular complexity index is 346. The zero-order valence-electron chi connectivity index (χ0n) is 9.61. The van der Waals surface area contributed by atoms with E-state index in [9.17, 15) is 0 Å². The molecule has 88 valence electrons. The van der Waals surface area contributed by atoms with Gasteiger partial charge in [0.25, 0.3) is 0 Å². The molecule has 0 bridgehead atoms. The Morgan fingerprint density at radius 1 is 1.56 bits per heavy atom. The first-order valence-corrected chi connectivity index (χ1v) is 5.83. The van der Waals surface area contributed by atoms with Crippen molar-refractivity contribution in [2.45, 2.75) is 13.3 Å². The SMILES string of the molecule is Cc1nc(Cl)cc(N(C)C[C@@H]2CCOC2)n1. The second kappa shape index (κ2) is 4.97. The highest BCUT2D eigenvalue weighted by Crippen LogP contribution is 2.19. The Hall–Kier alpha value is -0.870. The second-order valence-electron chi connectivity index (χ2n) is 4.21. The van der Waals surface area contributed by atoms with Crippen LogP contribution in [0.1, 0.15) is 12.2 Å². The van der Waals surface area contributed by atoms with Crippen molar-refractivity contribution in [1.29, 1.82) is 0 Å². The summed E-state index contributed by atoms with van der Waals surface area (Å²) in [6.45, 7) is 4.53. The molecule has 4 nitrogen and oxygen atoms in total. The van der Waals surface area contributed by atoms with Crippen LogP contribution in [0.4, 0.5) is 5.82 Å². The van der Waals surface area contributed by atoms with Crippen LogP contribution >= 0.6 is 11.6 Å². The molecule has 1 atom stereocenters. The van der Waals surface area contributed by atoms with Gasteiger partial charge in [-0.1, -0.05) is 11.6 Å². The number of anilines is 1. The van der Waals surface area contributed by atoms with Crippen molar-refractivity contribution in [2.24, 2.45) is 5.92 Å². The number of rotatable bonds is 3. The minimum Gasteiger partial charge on any atom is -0.381 e. The van der Waals surface area contributed by atoms with Crippen LogP contribution in [0.5, 0.6) is 0 Å². The molecule has 0 radical (unpaired) electrons. The van der Waals surface area contributed by atoms with E-state index in [2.05, 4.69) is 14.9 Å². The maximum absolute atomic E-state index is 5.91. The zero-order valence-corrected chi connectivity index (χ0v) is 10.4. The van der Waals surface area contributed by atoms with Crippen molar-refractivity contribution >= 4 is 17.4 Å². The molecular formula is C11H16ClN3O. The van der Waals surface area contributed by atoms with Crippen molar-refractivity contribution in [3.63, 3.8) is 0 Å². The van der Waals surface area contributed by atoms with Crippen molar-refractivity contribution in [3.8, 4) is 0 Å². The van der Waals surface area contributed by atoms with Crippen LogP contribution in [-0.4, -0.2) is 36.8 Å². The van der Waals surface area contributed by atoms with E-state index in [0.717, 1.165) is 32.0 Å². The lowest BCUT2D eigenvalue weighted by Gasteiger charge is -2.21. The Kier molecular flexibility index (Phi) is 3.61. The van der Waals surface area contributed by atoms with Gasteiger partial charge in [-0.25, -0.2) is 9.97 Å². The molecule has 1 aliphatic rings. The molecule has 1 aliphatic heterocycles. The van der Waals surface area contributed by atoms with Gasteiger partial charge in [-0.05, 0) is 13.3 Å². The van der Waals surface area contributed by atoms with E-state index >= 15 is 0 Å². The molecule has 1 aromatic rings.